The summed E-state index contributed by atoms with van der Waals surface area (Å²) < 4.78 is 10.5. The van der Waals surface area contributed by atoms with Crippen molar-refractivity contribution in [3.05, 3.63) is 48.0 Å². The van der Waals surface area contributed by atoms with Gasteiger partial charge in [-0.25, -0.2) is 4.79 Å². The summed E-state index contributed by atoms with van der Waals surface area (Å²) in [6, 6.07) is 9.53. The molecule has 1 saturated heterocycles. The van der Waals surface area contributed by atoms with Gasteiger partial charge in [-0.2, -0.15) is 0 Å². The van der Waals surface area contributed by atoms with Crippen LogP contribution in [0.5, 0.6) is 0 Å². The third kappa shape index (κ3) is 4.37. The van der Waals surface area contributed by atoms with Crippen LogP contribution >= 0.6 is 11.8 Å². The van der Waals surface area contributed by atoms with E-state index in [1.54, 1.807) is 6.92 Å². The highest BCUT2D eigenvalue weighted by atomic mass is 32.2. The van der Waals surface area contributed by atoms with E-state index >= 15 is 0 Å². The molecule has 0 radical (unpaired) electrons. The highest BCUT2D eigenvalue weighted by Crippen LogP contribution is 2.38. The fraction of sp³-hybridized carbons (Fsp3) is 0.412. The molecule has 1 heterocycles. The largest absolute Gasteiger partial charge is 0.465 e. The number of ether oxygens (including phenoxy) is 2. The highest BCUT2D eigenvalue weighted by Gasteiger charge is 2.28. The molecule has 0 saturated carbocycles. The van der Waals surface area contributed by atoms with Gasteiger partial charge in [-0.1, -0.05) is 36.9 Å². The van der Waals surface area contributed by atoms with Crippen LogP contribution in [-0.4, -0.2) is 30.4 Å². The highest BCUT2D eigenvalue weighted by molar-refractivity contribution is 8.01. The van der Waals surface area contributed by atoms with Crippen LogP contribution < -0.4 is 0 Å². The van der Waals surface area contributed by atoms with Gasteiger partial charge in [-0.15, -0.1) is 11.8 Å². The summed E-state index contributed by atoms with van der Waals surface area (Å²) >= 11 is 1.36. The molecule has 118 valence electrons. The summed E-state index contributed by atoms with van der Waals surface area (Å²) in [6.07, 6.45) is 1.36. The van der Waals surface area contributed by atoms with Crippen LogP contribution in [0.1, 0.15) is 30.6 Å². The molecule has 1 aromatic rings. The Balaban J connectivity index is 2.25. The molecule has 0 N–H and O–H groups in total. The maximum atomic E-state index is 12.2. The number of esters is 2. The Bertz CT molecular complexity index is 541. The van der Waals surface area contributed by atoms with Gasteiger partial charge in [0.15, 0.2) is 0 Å². The number of benzene rings is 1. The van der Waals surface area contributed by atoms with Gasteiger partial charge in [0.05, 0.1) is 18.5 Å². The second-order valence-corrected chi connectivity index (χ2v) is 6.56. The lowest BCUT2D eigenvalue weighted by atomic mass is 10.1. The van der Waals surface area contributed by atoms with E-state index < -0.39 is 5.97 Å². The van der Waals surface area contributed by atoms with Crippen LogP contribution in [0.2, 0.25) is 0 Å². The molecule has 0 spiro atoms. The molecule has 0 bridgehead atoms. The van der Waals surface area contributed by atoms with Crippen molar-refractivity contribution < 1.29 is 19.1 Å². The van der Waals surface area contributed by atoms with Crippen molar-refractivity contribution >= 4 is 23.7 Å². The normalized spacial score (nSPS) is 24.7. The van der Waals surface area contributed by atoms with Crippen molar-refractivity contribution in [2.75, 3.05) is 13.2 Å². The summed E-state index contributed by atoms with van der Waals surface area (Å²) in [5.74, 6) is -0.657. The first-order chi connectivity index (χ1) is 10.6. The Labute approximate surface area is 134 Å². The van der Waals surface area contributed by atoms with Crippen molar-refractivity contribution in [3.8, 4) is 0 Å². The molecular formula is C17H20O4S. The molecule has 0 aliphatic carbocycles. The van der Waals surface area contributed by atoms with Gasteiger partial charge in [0.1, 0.15) is 5.25 Å². The zero-order chi connectivity index (χ0) is 15.9. The van der Waals surface area contributed by atoms with E-state index in [4.69, 9.17) is 9.47 Å². The van der Waals surface area contributed by atoms with E-state index in [2.05, 4.69) is 6.58 Å². The van der Waals surface area contributed by atoms with E-state index in [1.165, 1.54) is 11.8 Å². The molecule has 1 fully saturated rings. The van der Waals surface area contributed by atoms with E-state index in [1.807, 2.05) is 30.3 Å². The van der Waals surface area contributed by atoms with Crippen LogP contribution in [0.15, 0.2) is 42.5 Å². The predicted molar refractivity (Wildman–Crippen MR) is 86.5 cm³/mol. The topological polar surface area (TPSA) is 52.6 Å². The van der Waals surface area contributed by atoms with Crippen molar-refractivity contribution in [1.29, 1.82) is 0 Å². The minimum Gasteiger partial charge on any atom is -0.465 e. The lowest BCUT2D eigenvalue weighted by Gasteiger charge is -2.22. The average molecular weight is 320 g/mol. The van der Waals surface area contributed by atoms with E-state index in [0.717, 1.165) is 5.56 Å². The first kappa shape index (κ1) is 16.6. The molecule has 0 aromatic heterocycles. The van der Waals surface area contributed by atoms with Crippen molar-refractivity contribution in [1.82, 2.24) is 0 Å². The third-order valence-corrected chi connectivity index (χ3v) is 4.80. The molecule has 2 atom stereocenters. The van der Waals surface area contributed by atoms with Gasteiger partial charge in [0, 0.05) is 5.57 Å². The van der Waals surface area contributed by atoms with E-state index in [0.29, 0.717) is 31.6 Å². The van der Waals surface area contributed by atoms with Crippen LogP contribution in [0.25, 0.3) is 0 Å². The SMILES string of the molecule is C=C1C(=O)OCCCCOC(=O)C(C)SC1c1ccccc1. The molecular weight excluding hydrogens is 300 g/mol. The second-order valence-electron chi connectivity index (χ2n) is 5.10. The minimum absolute atomic E-state index is 0.257. The van der Waals surface area contributed by atoms with Crippen molar-refractivity contribution in [2.45, 2.75) is 30.3 Å². The summed E-state index contributed by atoms with van der Waals surface area (Å²) in [4.78, 5) is 24.2. The predicted octanol–water partition coefficient (Wildman–Crippen LogP) is 3.29. The molecule has 1 aromatic carbocycles. The van der Waals surface area contributed by atoms with Gasteiger partial charge < -0.3 is 9.47 Å². The molecule has 2 unspecified atom stereocenters. The number of carbonyl (C=O) groups excluding carboxylic acids is 2. The number of carbonyl (C=O) groups is 2. The Morgan fingerprint density at radius 1 is 1.09 bits per heavy atom. The third-order valence-electron chi connectivity index (χ3n) is 3.37. The fourth-order valence-electron chi connectivity index (χ4n) is 2.11. The summed E-state index contributed by atoms with van der Waals surface area (Å²) in [5, 5.41) is -0.704. The molecule has 1 aliphatic rings. The Morgan fingerprint density at radius 3 is 2.41 bits per heavy atom. The molecule has 4 nitrogen and oxygen atoms in total. The Morgan fingerprint density at radius 2 is 1.73 bits per heavy atom. The first-order valence-corrected chi connectivity index (χ1v) is 8.27. The summed E-state index contributed by atoms with van der Waals surface area (Å²) in [6.45, 7) is 6.35. The lowest BCUT2D eigenvalue weighted by molar-refractivity contribution is -0.144. The zero-order valence-corrected chi connectivity index (χ0v) is 13.4. The number of rotatable bonds is 1. The van der Waals surface area contributed by atoms with E-state index in [-0.39, 0.29) is 16.5 Å². The second kappa shape index (κ2) is 8.03. The van der Waals surface area contributed by atoms with Crippen molar-refractivity contribution in [2.24, 2.45) is 0 Å². The molecule has 5 heteroatoms. The number of cyclic esters (lactones) is 2. The van der Waals surface area contributed by atoms with Gasteiger partial charge >= 0.3 is 11.9 Å². The van der Waals surface area contributed by atoms with Gasteiger partial charge in [-0.05, 0) is 25.3 Å². The maximum Gasteiger partial charge on any atom is 0.334 e. The van der Waals surface area contributed by atoms with Gasteiger partial charge in [0.25, 0.3) is 0 Å². The molecule has 22 heavy (non-hydrogen) atoms. The quantitative estimate of drug-likeness (QED) is 0.587. The number of hydrogen-bond acceptors (Lipinski definition) is 5. The number of hydrogen-bond donors (Lipinski definition) is 0. The fourth-order valence-corrected chi connectivity index (χ4v) is 3.27. The number of thioether (sulfide) groups is 1. The molecule has 1 aliphatic heterocycles. The standard InChI is InChI=1S/C17H20O4S/c1-12-15(14-8-4-3-5-9-14)22-13(2)17(19)21-11-7-6-10-20-16(12)18/h3-5,8-9,13,15H,1,6-7,10-11H2,2H3. The zero-order valence-electron chi connectivity index (χ0n) is 12.6. The monoisotopic (exact) mass is 320 g/mol. The average Bonchev–Trinajstić information content (AvgIpc) is 2.54. The molecule has 2 rings (SSSR count). The molecule has 0 amide bonds. The van der Waals surface area contributed by atoms with Crippen molar-refractivity contribution in [3.63, 3.8) is 0 Å². The minimum atomic E-state index is -0.400. The van der Waals surface area contributed by atoms with Crippen LogP contribution in [-0.2, 0) is 19.1 Å². The maximum absolute atomic E-state index is 12.2. The Kier molecular flexibility index (Phi) is 6.07. The van der Waals surface area contributed by atoms with Crippen LogP contribution in [0.4, 0.5) is 0 Å². The first-order valence-electron chi connectivity index (χ1n) is 7.32. The summed E-state index contributed by atoms with van der Waals surface area (Å²) in [7, 11) is 0. The van der Waals surface area contributed by atoms with Gasteiger partial charge in [-0.3, -0.25) is 4.79 Å². The van der Waals surface area contributed by atoms with Crippen LogP contribution in [0.3, 0.4) is 0 Å². The Hall–Kier alpha value is -1.75. The van der Waals surface area contributed by atoms with E-state index in [9.17, 15) is 9.59 Å². The van der Waals surface area contributed by atoms with Crippen LogP contribution in [0, 0.1) is 0 Å². The lowest BCUT2D eigenvalue weighted by Crippen LogP contribution is -2.22. The van der Waals surface area contributed by atoms with Gasteiger partial charge in [0.2, 0.25) is 0 Å². The summed E-state index contributed by atoms with van der Waals surface area (Å²) in [5.41, 5.74) is 1.28. The smallest absolute Gasteiger partial charge is 0.334 e.